The minimum absolute atomic E-state index is 0.0535. The molecule has 0 saturated heterocycles. The highest BCUT2D eigenvalue weighted by Gasteiger charge is 2.21. The van der Waals surface area contributed by atoms with Crippen LogP contribution >= 0.6 is 0 Å². The maximum atomic E-state index is 11.8. The largest absolute Gasteiger partial charge is 0.494 e. The van der Waals surface area contributed by atoms with Gasteiger partial charge >= 0.3 is 0 Å². The predicted octanol–water partition coefficient (Wildman–Crippen LogP) is 2.41. The molecule has 0 atom stereocenters. The topological polar surface area (TPSA) is 64.3 Å². The minimum Gasteiger partial charge on any atom is -0.494 e. The van der Waals surface area contributed by atoms with Gasteiger partial charge in [0.15, 0.2) is 0 Å². The average Bonchev–Trinajstić information content (AvgIpc) is 2.26. The molecule has 3 N–H and O–H groups in total. The van der Waals surface area contributed by atoms with Gasteiger partial charge < -0.3 is 15.8 Å². The van der Waals surface area contributed by atoms with Crippen molar-refractivity contribution in [3.8, 4) is 5.75 Å². The third-order valence-corrected chi connectivity index (χ3v) is 3.20. The van der Waals surface area contributed by atoms with E-state index in [4.69, 9.17) is 10.5 Å². The number of nitrogens with two attached hydrogens (primary N) is 1. The molecule has 0 aliphatic heterocycles. The first-order valence-corrected chi connectivity index (χ1v) is 5.92. The summed E-state index contributed by atoms with van der Waals surface area (Å²) < 4.78 is 5.18. The summed E-state index contributed by atoms with van der Waals surface area (Å²) in [4.78, 5) is 11.8. The first-order valence-electron chi connectivity index (χ1n) is 5.92. The van der Waals surface area contributed by atoms with Crippen molar-refractivity contribution >= 4 is 17.3 Å². The van der Waals surface area contributed by atoms with Crippen molar-refractivity contribution in [3.05, 3.63) is 18.2 Å². The standard InChI is InChI=1S/C13H18N2O2/c1-17-12-8-10(14)5-6-11(12)15-13(16)7-9-3-2-4-9/h5-6,8-9H,2-4,7,14H2,1H3,(H,15,16). The second-order valence-corrected chi connectivity index (χ2v) is 4.51. The van der Waals surface area contributed by atoms with Gasteiger partial charge in [-0.2, -0.15) is 0 Å². The van der Waals surface area contributed by atoms with Crippen LogP contribution in [0.2, 0.25) is 0 Å². The summed E-state index contributed by atoms with van der Waals surface area (Å²) >= 11 is 0. The van der Waals surface area contributed by atoms with Crippen LogP contribution in [-0.4, -0.2) is 13.0 Å². The van der Waals surface area contributed by atoms with E-state index in [-0.39, 0.29) is 5.91 Å². The van der Waals surface area contributed by atoms with E-state index in [0.717, 1.165) is 0 Å². The summed E-state index contributed by atoms with van der Waals surface area (Å²) in [5.41, 5.74) is 6.96. The van der Waals surface area contributed by atoms with Gasteiger partial charge in [-0.05, 0) is 30.9 Å². The molecule has 17 heavy (non-hydrogen) atoms. The van der Waals surface area contributed by atoms with Crippen molar-refractivity contribution in [3.63, 3.8) is 0 Å². The van der Waals surface area contributed by atoms with Crippen LogP contribution < -0.4 is 15.8 Å². The van der Waals surface area contributed by atoms with Crippen molar-refractivity contribution in [2.45, 2.75) is 25.7 Å². The number of ether oxygens (including phenoxy) is 1. The SMILES string of the molecule is COc1cc(N)ccc1NC(=O)CC1CCC1. The van der Waals surface area contributed by atoms with Crippen LogP contribution in [0.25, 0.3) is 0 Å². The summed E-state index contributed by atoms with van der Waals surface area (Å²) in [5, 5.41) is 2.87. The Morgan fingerprint density at radius 3 is 2.88 bits per heavy atom. The Labute approximate surface area is 101 Å². The number of carbonyl (C=O) groups is 1. The van der Waals surface area contributed by atoms with Gasteiger partial charge in [-0.3, -0.25) is 4.79 Å². The van der Waals surface area contributed by atoms with Crippen LogP contribution in [0.3, 0.4) is 0 Å². The molecule has 1 aromatic rings. The van der Waals surface area contributed by atoms with E-state index in [9.17, 15) is 4.79 Å². The van der Waals surface area contributed by atoms with E-state index in [1.807, 2.05) is 0 Å². The number of rotatable bonds is 4. The molecule has 2 rings (SSSR count). The second-order valence-electron chi connectivity index (χ2n) is 4.51. The summed E-state index contributed by atoms with van der Waals surface area (Å²) in [7, 11) is 1.57. The normalized spacial score (nSPS) is 15.1. The summed E-state index contributed by atoms with van der Waals surface area (Å²) in [6, 6.07) is 5.23. The van der Waals surface area contributed by atoms with Crippen molar-refractivity contribution in [2.75, 3.05) is 18.2 Å². The highest BCUT2D eigenvalue weighted by atomic mass is 16.5. The lowest BCUT2D eigenvalue weighted by molar-refractivity contribution is -0.117. The molecule has 92 valence electrons. The number of methoxy groups -OCH3 is 1. The number of hydrogen-bond acceptors (Lipinski definition) is 3. The Morgan fingerprint density at radius 1 is 1.53 bits per heavy atom. The van der Waals surface area contributed by atoms with Gasteiger partial charge in [-0.25, -0.2) is 0 Å². The van der Waals surface area contributed by atoms with Gasteiger partial charge in [0.1, 0.15) is 5.75 Å². The van der Waals surface area contributed by atoms with Crippen molar-refractivity contribution in [2.24, 2.45) is 5.92 Å². The molecule has 4 nitrogen and oxygen atoms in total. The Morgan fingerprint density at radius 2 is 2.29 bits per heavy atom. The fraction of sp³-hybridized carbons (Fsp3) is 0.462. The molecular formula is C13H18N2O2. The van der Waals surface area contributed by atoms with Gasteiger partial charge in [0, 0.05) is 18.2 Å². The summed E-state index contributed by atoms with van der Waals surface area (Å²) in [5.74, 6) is 1.22. The Hall–Kier alpha value is -1.71. The molecule has 0 radical (unpaired) electrons. The Balaban J connectivity index is 1.99. The molecule has 1 amide bonds. The number of anilines is 2. The van der Waals surface area contributed by atoms with Crippen LogP contribution in [0.15, 0.2) is 18.2 Å². The number of benzene rings is 1. The van der Waals surface area contributed by atoms with E-state index in [2.05, 4.69) is 5.32 Å². The molecule has 4 heteroatoms. The van der Waals surface area contributed by atoms with Crippen molar-refractivity contribution in [1.82, 2.24) is 0 Å². The van der Waals surface area contributed by atoms with Crippen LogP contribution in [-0.2, 0) is 4.79 Å². The molecular weight excluding hydrogens is 216 g/mol. The van der Waals surface area contributed by atoms with Gasteiger partial charge in [0.2, 0.25) is 5.91 Å². The zero-order valence-corrected chi connectivity index (χ0v) is 10.0. The van der Waals surface area contributed by atoms with Gasteiger partial charge in [-0.1, -0.05) is 6.42 Å². The molecule has 0 heterocycles. The van der Waals surface area contributed by atoms with Crippen LogP contribution in [0.1, 0.15) is 25.7 Å². The smallest absolute Gasteiger partial charge is 0.224 e. The molecule has 0 unspecified atom stereocenters. The maximum absolute atomic E-state index is 11.8. The van der Waals surface area contributed by atoms with E-state index < -0.39 is 0 Å². The zero-order chi connectivity index (χ0) is 12.3. The van der Waals surface area contributed by atoms with Crippen LogP contribution in [0.4, 0.5) is 11.4 Å². The number of carbonyl (C=O) groups excluding carboxylic acids is 1. The fourth-order valence-corrected chi connectivity index (χ4v) is 1.97. The number of amides is 1. The molecule has 1 fully saturated rings. The third-order valence-electron chi connectivity index (χ3n) is 3.20. The second kappa shape index (κ2) is 5.08. The fourth-order valence-electron chi connectivity index (χ4n) is 1.97. The Bertz CT molecular complexity index is 414. The van der Waals surface area contributed by atoms with Gasteiger partial charge in [0.05, 0.1) is 12.8 Å². The first-order chi connectivity index (χ1) is 8.19. The number of hydrogen-bond donors (Lipinski definition) is 2. The number of nitrogens with one attached hydrogen (secondary N) is 1. The first kappa shape index (κ1) is 11.8. The van der Waals surface area contributed by atoms with Crippen molar-refractivity contribution in [1.29, 1.82) is 0 Å². The Kier molecular flexibility index (Phi) is 3.52. The van der Waals surface area contributed by atoms with E-state index in [1.54, 1.807) is 25.3 Å². The van der Waals surface area contributed by atoms with Gasteiger partial charge in [0.25, 0.3) is 0 Å². The van der Waals surface area contributed by atoms with Crippen molar-refractivity contribution < 1.29 is 9.53 Å². The minimum atomic E-state index is 0.0535. The highest BCUT2D eigenvalue weighted by Crippen LogP contribution is 2.31. The van der Waals surface area contributed by atoms with Gasteiger partial charge in [-0.15, -0.1) is 0 Å². The highest BCUT2D eigenvalue weighted by molar-refractivity contribution is 5.92. The molecule has 1 aliphatic carbocycles. The zero-order valence-electron chi connectivity index (χ0n) is 10.0. The molecule has 0 aromatic heterocycles. The predicted molar refractivity (Wildman–Crippen MR) is 68.0 cm³/mol. The van der Waals surface area contributed by atoms with E-state index in [1.165, 1.54) is 19.3 Å². The summed E-state index contributed by atoms with van der Waals surface area (Å²) in [6.45, 7) is 0. The molecule has 1 aliphatic rings. The number of nitrogen functional groups attached to an aromatic ring is 1. The van der Waals surface area contributed by atoms with Crippen LogP contribution in [0.5, 0.6) is 5.75 Å². The summed E-state index contributed by atoms with van der Waals surface area (Å²) in [6.07, 6.45) is 4.20. The molecule has 1 saturated carbocycles. The maximum Gasteiger partial charge on any atom is 0.224 e. The lowest BCUT2D eigenvalue weighted by atomic mass is 9.83. The lowest BCUT2D eigenvalue weighted by Crippen LogP contribution is -2.21. The van der Waals surface area contributed by atoms with E-state index >= 15 is 0 Å². The quantitative estimate of drug-likeness (QED) is 0.786. The molecule has 0 spiro atoms. The molecule has 1 aromatic carbocycles. The molecule has 0 bridgehead atoms. The average molecular weight is 234 g/mol. The lowest BCUT2D eigenvalue weighted by Gasteiger charge is -2.24. The monoisotopic (exact) mass is 234 g/mol. The van der Waals surface area contributed by atoms with E-state index in [0.29, 0.717) is 29.5 Å². The third kappa shape index (κ3) is 2.90. The van der Waals surface area contributed by atoms with Crippen LogP contribution in [0, 0.1) is 5.92 Å².